The number of hydrogen-bond donors (Lipinski definition) is 1. The van der Waals surface area contributed by atoms with Crippen LogP contribution in [-0.2, 0) is 42.9 Å². The van der Waals surface area contributed by atoms with Gasteiger partial charge in [0.25, 0.3) is 5.91 Å². The van der Waals surface area contributed by atoms with Crippen LogP contribution in [0.3, 0.4) is 0 Å². The highest BCUT2D eigenvalue weighted by molar-refractivity contribution is 8.01. The van der Waals surface area contributed by atoms with Crippen LogP contribution in [0.15, 0.2) is 28.6 Å². The summed E-state index contributed by atoms with van der Waals surface area (Å²) in [6.45, 7) is 4.17. The van der Waals surface area contributed by atoms with Gasteiger partial charge in [0.1, 0.15) is 18.5 Å². The number of carbonyl (C=O) groups is 5. The van der Waals surface area contributed by atoms with Gasteiger partial charge in [-0.15, -0.1) is 10.2 Å². The first-order valence-corrected chi connectivity index (χ1v) is 13.0. The molecule has 0 saturated carbocycles. The van der Waals surface area contributed by atoms with Gasteiger partial charge in [-0.2, -0.15) is 0 Å². The molecular formula is C23H24FN3O10S2. The zero-order chi connectivity index (χ0) is 28.7. The number of aromatic nitrogens is 2. The van der Waals surface area contributed by atoms with Crippen molar-refractivity contribution in [2.75, 3.05) is 11.9 Å². The van der Waals surface area contributed by atoms with Crippen molar-refractivity contribution in [1.82, 2.24) is 10.2 Å². The summed E-state index contributed by atoms with van der Waals surface area (Å²) < 4.78 is 40.6. The number of anilines is 1. The quantitative estimate of drug-likeness (QED) is 0.258. The molecule has 0 unspecified atom stereocenters. The van der Waals surface area contributed by atoms with E-state index in [1.54, 1.807) is 0 Å². The predicted molar refractivity (Wildman–Crippen MR) is 132 cm³/mol. The Morgan fingerprint density at radius 3 is 2.08 bits per heavy atom. The zero-order valence-corrected chi connectivity index (χ0v) is 22.7. The molecule has 2 aromatic rings. The lowest BCUT2D eigenvalue weighted by Crippen LogP contribution is -2.61. The van der Waals surface area contributed by atoms with E-state index in [0.29, 0.717) is 0 Å². The van der Waals surface area contributed by atoms with Gasteiger partial charge in [0.2, 0.25) is 5.13 Å². The molecule has 39 heavy (non-hydrogen) atoms. The van der Waals surface area contributed by atoms with Gasteiger partial charge in [0.05, 0.1) is 0 Å². The molecule has 1 saturated heterocycles. The Morgan fingerprint density at radius 2 is 1.49 bits per heavy atom. The first-order valence-electron chi connectivity index (χ1n) is 11.3. The average molecular weight is 586 g/mol. The van der Waals surface area contributed by atoms with E-state index in [4.69, 9.17) is 23.7 Å². The third-order valence-electron chi connectivity index (χ3n) is 4.90. The zero-order valence-electron chi connectivity index (χ0n) is 21.1. The summed E-state index contributed by atoms with van der Waals surface area (Å²) >= 11 is 1.88. The van der Waals surface area contributed by atoms with Crippen molar-refractivity contribution in [1.29, 1.82) is 0 Å². The number of esters is 4. The minimum atomic E-state index is -1.33. The van der Waals surface area contributed by atoms with E-state index in [-0.39, 0.29) is 21.6 Å². The average Bonchev–Trinajstić information content (AvgIpc) is 3.27. The van der Waals surface area contributed by atoms with Gasteiger partial charge >= 0.3 is 23.9 Å². The SMILES string of the molecule is CC(=O)OC[C@H]1O[C@@H](Sc2nnc(NC(=O)c3ccc(F)cc3)s2)[C@@H](OC(C)=O)[C@H](OC(C)=O)[C@@H]1OC(C)=O. The number of nitrogens with zero attached hydrogens (tertiary/aromatic N) is 2. The molecule has 5 atom stereocenters. The molecule has 3 rings (SSSR count). The van der Waals surface area contributed by atoms with E-state index in [9.17, 15) is 28.4 Å². The van der Waals surface area contributed by atoms with E-state index in [1.165, 1.54) is 19.1 Å². The summed E-state index contributed by atoms with van der Waals surface area (Å²) in [5.41, 5.74) is -0.903. The van der Waals surface area contributed by atoms with Crippen molar-refractivity contribution in [3.05, 3.63) is 35.6 Å². The Balaban J connectivity index is 1.86. The molecule has 0 aliphatic carbocycles. The van der Waals surface area contributed by atoms with Crippen LogP contribution in [0.5, 0.6) is 0 Å². The lowest BCUT2D eigenvalue weighted by molar-refractivity contribution is -0.237. The molecule has 0 radical (unpaired) electrons. The summed E-state index contributed by atoms with van der Waals surface area (Å²) in [6, 6.07) is 4.89. The second-order valence-electron chi connectivity index (χ2n) is 8.02. The molecule has 1 amide bonds. The molecule has 210 valence electrons. The third kappa shape index (κ3) is 8.69. The number of benzene rings is 1. The Hall–Kier alpha value is -3.63. The normalized spacial score (nSPS) is 22.3. The van der Waals surface area contributed by atoms with Crippen molar-refractivity contribution in [3.8, 4) is 0 Å². The van der Waals surface area contributed by atoms with Crippen molar-refractivity contribution in [2.45, 2.75) is 61.9 Å². The Morgan fingerprint density at radius 1 is 0.897 bits per heavy atom. The fourth-order valence-corrected chi connectivity index (χ4v) is 5.48. The lowest BCUT2D eigenvalue weighted by Gasteiger charge is -2.43. The van der Waals surface area contributed by atoms with Crippen molar-refractivity contribution in [2.24, 2.45) is 0 Å². The van der Waals surface area contributed by atoms with Gasteiger partial charge in [-0.3, -0.25) is 29.3 Å². The minimum absolute atomic E-state index is 0.109. The molecular weight excluding hydrogens is 561 g/mol. The van der Waals surface area contributed by atoms with Crippen LogP contribution in [0.2, 0.25) is 0 Å². The predicted octanol–water partition coefficient (Wildman–Crippen LogP) is 2.10. The van der Waals surface area contributed by atoms with Crippen molar-refractivity contribution in [3.63, 3.8) is 0 Å². The maximum Gasteiger partial charge on any atom is 0.303 e. The van der Waals surface area contributed by atoms with Crippen LogP contribution in [-0.4, -0.2) is 76.4 Å². The fraction of sp³-hybridized carbons (Fsp3) is 0.435. The van der Waals surface area contributed by atoms with Gasteiger partial charge in [-0.25, -0.2) is 4.39 Å². The summed E-state index contributed by atoms with van der Waals surface area (Å²) in [4.78, 5) is 59.6. The highest BCUT2D eigenvalue weighted by Gasteiger charge is 2.52. The summed E-state index contributed by atoms with van der Waals surface area (Å²) in [5.74, 6) is -3.92. The number of nitrogens with one attached hydrogen (secondary N) is 1. The van der Waals surface area contributed by atoms with E-state index in [2.05, 4.69) is 15.5 Å². The second kappa shape index (κ2) is 13.4. The first kappa shape index (κ1) is 29.9. The first-order chi connectivity index (χ1) is 18.4. The van der Waals surface area contributed by atoms with E-state index in [0.717, 1.165) is 56.0 Å². The Kier molecular flexibility index (Phi) is 10.3. The van der Waals surface area contributed by atoms with Crippen LogP contribution >= 0.6 is 23.1 Å². The van der Waals surface area contributed by atoms with Crippen molar-refractivity contribution >= 4 is 58.0 Å². The lowest BCUT2D eigenvalue weighted by atomic mass is 9.99. The molecule has 1 aliphatic rings. The number of hydrogen-bond acceptors (Lipinski definition) is 14. The van der Waals surface area contributed by atoms with E-state index >= 15 is 0 Å². The van der Waals surface area contributed by atoms with Crippen LogP contribution in [0.1, 0.15) is 38.1 Å². The number of carbonyl (C=O) groups excluding carboxylic acids is 5. The molecule has 1 aliphatic heterocycles. The van der Waals surface area contributed by atoms with Gasteiger partial charge in [-0.05, 0) is 24.3 Å². The molecule has 1 aromatic carbocycles. The molecule has 0 spiro atoms. The summed E-state index contributed by atoms with van der Waals surface area (Å²) in [6.07, 6.45) is -5.01. The summed E-state index contributed by atoms with van der Waals surface area (Å²) in [5, 5.41) is 10.6. The molecule has 2 heterocycles. The van der Waals surface area contributed by atoms with Crippen LogP contribution in [0.4, 0.5) is 9.52 Å². The Bertz CT molecular complexity index is 1220. The third-order valence-corrected chi connectivity index (χ3v) is 6.97. The highest BCUT2D eigenvalue weighted by atomic mass is 32.2. The van der Waals surface area contributed by atoms with Gasteiger partial charge in [0, 0.05) is 33.3 Å². The number of thioether (sulfide) groups is 1. The van der Waals surface area contributed by atoms with Crippen LogP contribution < -0.4 is 5.32 Å². The van der Waals surface area contributed by atoms with Crippen molar-refractivity contribution < 1.29 is 52.0 Å². The molecule has 1 fully saturated rings. The number of ether oxygens (including phenoxy) is 5. The van der Waals surface area contributed by atoms with Gasteiger partial charge in [0.15, 0.2) is 28.1 Å². The molecule has 13 nitrogen and oxygen atoms in total. The van der Waals surface area contributed by atoms with Gasteiger partial charge in [-0.1, -0.05) is 23.1 Å². The number of halogens is 1. The monoisotopic (exact) mass is 585 g/mol. The molecule has 1 aromatic heterocycles. The van der Waals surface area contributed by atoms with Gasteiger partial charge < -0.3 is 23.7 Å². The standard InChI is InChI=1S/C23H24FN3O10S2/c1-10(28)33-9-16-17(34-11(2)29)18(35-12(3)30)19(36-13(4)31)21(37-16)38-23-27-26-22(39-23)25-20(32)14-5-7-15(24)8-6-14/h5-8,16-19,21H,9H2,1-4H3,(H,25,26,32)/t16-,17-,18-,19+,21+/m1/s1. The smallest absolute Gasteiger partial charge is 0.303 e. The largest absolute Gasteiger partial charge is 0.463 e. The van der Waals surface area contributed by atoms with Crippen LogP contribution in [0, 0.1) is 5.82 Å². The topological polar surface area (TPSA) is 169 Å². The maximum absolute atomic E-state index is 13.1. The van der Waals surface area contributed by atoms with Crippen LogP contribution in [0.25, 0.3) is 0 Å². The second-order valence-corrected chi connectivity index (χ2v) is 10.3. The Labute approximate surface area is 229 Å². The highest BCUT2D eigenvalue weighted by Crippen LogP contribution is 2.39. The fourth-order valence-electron chi connectivity index (χ4n) is 3.46. The van der Waals surface area contributed by atoms with E-state index in [1.807, 2.05) is 0 Å². The minimum Gasteiger partial charge on any atom is -0.463 e. The molecule has 16 heteroatoms. The van der Waals surface area contributed by atoms with E-state index < -0.39 is 65.5 Å². The molecule has 0 bridgehead atoms. The molecule has 1 N–H and O–H groups in total. The number of rotatable bonds is 9. The summed E-state index contributed by atoms with van der Waals surface area (Å²) in [7, 11) is 0. The number of amides is 1. The maximum atomic E-state index is 13.1.